The first-order valence-corrected chi connectivity index (χ1v) is 7.24. The van der Waals surface area contributed by atoms with Crippen molar-refractivity contribution >= 4 is 17.5 Å². The predicted molar refractivity (Wildman–Crippen MR) is 88.6 cm³/mol. The summed E-state index contributed by atoms with van der Waals surface area (Å²) in [7, 11) is 1.66. The van der Waals surface area contributed by atoms with Crippen LogP contribution >= 0.6 is 0 Å². The fourth-order valence-corrected chi connectivity index (χ4v) is 1.92. The third-order valence-electron chi connectivity index (χ3n) is 3.18. The van der Waals surface area contributed by atoms with Crippen molar-refractivity contribution in [2.75, 3.05) is 13.6 Å². The van der Waals surface area contributed by atoms with Crippen molar-refractivity contribution in [2.24, 2.45) is 10.7 Å². The Kier molecular flexibility index (Phi) is 7.02. The van der Waals surface area contributed by atoms with Crippen LogP contribution in [0.2, 0.25) is 0 Å². The van der Waals surface area contributed by atoms with Crippen LogP contribution < -0.4 is 5.73 Å². The highest BCUT2D eigenvalue weighted by atomic mass is 16.2. The molecule has 1 rings (SSSR count). The lowest BCUT2D eigenvalue weighted by molar-refractivity contribution is -0.144. The number of carbonyl (C=O) groups excluding carboxylic acids is 2. The van der Waals surface area contributed by atoms with Gasteiger partial charge in [0, 0.05) is 13.6 Å². The number of hydrogen-bond donors (Lipinski definition) is 1. The van der Waals surface area contributed by atoms with Gasteiger partial charge in [-0.1, -0.05) is 42.8 Å². The first-order chi connectivity index (χ1) is 10.5. The molecule has 0 aliphatic rings. The van der Waals surface area contributed by atoms with Gasteiger partial charge < -0.3 is 10.6 Å². The van der Waals surface area contributed by atoms with Crippen molar-refractivity contribution in [1.29, 1.82) is 0 Å². The third kappa shape index (κ3) is 5.52. The van der Waals surface area contributed by atoms with E-state index in [0.29, 0.717) is 6.54 Å². The van der Waals surface area contributed by atoms with Crippen LogP contribution in [0.25, 0.3) is 0 Å². The standard InChI is InChI=1S/C17H23N3O2/c1-4-5-6-15(19-3)12-20(17(22)16(18)21)11-14-9-7-13(2)8-10-14/h5-10H,4,11-12H2,1-3H3,(H2,18,21)/b6-5-,19-15?. The lowest BCUT2D eigenvalue weighted by Gasteiger charge is -2.21. The largest absolute Gasteiger partial charge is 0.361 e. The Morgan fingerprint density at radius 2 is 1.91 bits per heavy atom. The van der Waals surface area contributed by atoms with E-state index in [1.165, 1.54) is 4.90 Å². The van der Waals surface area contributed by atoms with Crippen LogP contribution in [0, 0.1) is 6.92 Å². The molecule has 0 aromatic heterocycles. The minimum absolute atomic E-state index is 0.253. The Morgan fingerprint density at radius 1 is 1.27 bits per heavy atom. The molecule has 0 aliphatic heterocycles. The number of benzene rings is 1. The second kappa shape index (κ2) is 8.77. The van der Waals surface area contributed by atoms with Crippen LogP contribution in [0.15, 0.2) is 41.4 Å². The number of carbonyl (C=O) groups is 2. The number of hydrogen-bond acceptors (Lipinski definition) is 3. The highest BCUT2D eigenvalue weighted by molar-refractivity contribution is 6.34. The zero-order valence-corrected chi connectivity index (χ0v) is 13.4. The molecule has 2 amide bonds. The van der Waals surface area contributed by atoms with Gasteiger partial charge in [-0.25, -0.2) is 0 Å². The number of amides is 2. The molecule has 0 heterocycles. The molecule has 0 bridgehead atoms. The molecule has 5 heteroatoms. The van der Waals surface area contributed by atoms with E-state index in [1.807, 2.05) is 50.3 Å². The van der Waals surface area contributed by atoms with Gasteiger partial charge in [0.15, 0.2) is 0 Å². The molecule has 118 valence electrons. The number of nitrogens with two attached hydrogens (primary N) is 1. The molecule has 1 aromatic rings. The Morgan fingerprint density at radius 3 is 2.41 bits per heavy atom. The normalized spacial score (nSPS) is 11.7. The quantitative estimate of drug-likeness (QED) is 0.643. The van der Waals surface area contributed by atoms with E-state index >= 15 is 0 Å². The number of aryl methyl sites for hydroxylation is 1. The van der Waals surface area contributed by atoms with E-state index in [-0.39, 0.29) is 6.54 Å². The topological polar surface area (TPSA) is 75.8 Å². The lowest BCUT2D eigenvalue weighted by atomic mass is 10.1. The molecule has 0 radical (unpaired) electrons. The Hall–Kier alpha value is -2.43. The van der Waals surface area contributed by atoms with Gasteiger partial charge in [0.25, 0.3) is 0 Å². The van der Waals surface area contributed by atoms with E-state index < -0.39 is 11.8 Å². The van der Waals surface area contributed by atoms with Crippen LogP contribution in [-0.4, -0.2) is 36.0 Å². The Bertz CT molecular complexity index is 574. The summed E-state index contributed by atoms with van der Waals surface area (Å²) < 4.78 is 0. The van der Waals surface area contributed by atoms with Crippen LogP contribution in [-0.2, 0) is 16.1 Å². The molecular weight excluding hydrogens is 278 g/mol. The molecule has 0 unspecified atom stereocenters. The zero-order valence-electron chi connectivity index (χ0n) is 13.4. The monoisotopic (exact) mass is 301 g/mol. The molecule has 5 nitrogen and oxygen atoms in total. The smallest absolute Gasteiger partial charge is 0.312 e. The first-order valence-electron chi connectivity index (χ1n) is 7.24. The Balaban J connectivity index is 2.93. The summed E-state index contributed by atoms with van der Waals surface area (Å²) in [6.45, 7) is 4.58. The summed E-state index contributed by atoms with van der Waals surface area (Å²) in [5.74, 6) is -1.66. The minimum Gasteiger partial charge on any atom is -0.361 e. The average molecular weight is 301 g/mol. The van der Waals surface area contributed by atoms with Gasteiger partial charge in [0.2, 0.25) is 0 Å². The van der Waals surface area contributed by atoms with Crippen molar-refractivity contribution in [2.45, 2.75) is 26.8 Å². The first kappa shape index (κ1) is 17.6. The second-order valence-electron chi connectivity index (χ2n) is 5.04. The van der Waals surface area contributed by atoms with Crippen LogP contribution in [0.4, 0.5) is 0 Å². The predicted octanol–water partition coefficient (Wildman–Crippen LogP) is 1.85. The fourth-order valence-electron chi connectivity index (χ4n) is 1.92. The van der Waals surface area contributed by atoms with E-state index in [2.05, 4.69) is 4.99 Å². The number of rotatable bonds is 6. The number of aliphatic imine (C=N–C) groups is 1. The van der Waals surface area contributed by atoms with E-state index in [4.69, 9.17) is 5.73 Å². The maximum absolute atomic E-state index is 12.0. The van der Waals surface area contributed by atoms with Crippen molar-refractivity contribution in [3.05, 3.63) is 47.5 Å². The third-order valence-corrected chi connectivity index (χ3v) is 3.18. The fraction of sp³-hybridized carbons (Fsp3) is 0.353. The van der Waals surface area contributed by atoms with Crippen LogP contribution in [0.5, 0.6) is 0 Å². The van der Waals surface area contributed by atoms with Crippen molar-refractivity contribution in [1.82, 2.24) is 4.90 Å². The molecule has 0 atom stereocenters. The minimum atomic E-state index is -0.956. The molecule has 0 saturated heterocycles. The molecule has 22 heavy (non-hydrogen) atoms. The number of primary amides is 1. The van der Waals surface area contributed by atoms with E-state index in [0.717, 1.165) is 23.3 Å². The SMILES string of the molecule is CC/C=C\C(CN(Cc1ccc(C)cc1)C(=O)C(N)=O)=NC. The molecule has 0 aliphatic carbocycles. The number of nitrogens with zero attached hydrogens (tertiary/aromatic N) is 2. The van der Waals surface area contributed by atoms with Gasteiger partial charge in [-0.15, -0.1) is 0 Å². The lowest BCUT2D eigenvalue weighted by Crippen LogP contribution is -2.42. The summed E-state index contributed by atoms with van der Waals surface area (Å²) in [5, 5.41) is 0. The summed E-state index contributed by atoms with van der Waals surface area (Å²) in [4.78, 5) is 28.8. The summed E-state index contributed by atoms with van der Waals surface area (Å²) in [6.07, 6.45) is 4.69. The van der Waals surface area contributed by atoms with Crippen molar-refractivity contribution in [3.63, 3.8) is 0 Å². The van der Waals surface area contributed by atoms with Gasteiger partial charge in [-0.3, -0.25) is 14.6 Å². The average Bonchev–Trinajstić information content (AvgIpc) is 2.51. The second-order valence-corrected chi connectivity index (χ2v) is 5.04. The molecule has 0 fully saturated rings. The molecule has 1 aromatic carbocycles. The van der Waals surface area contributed by atoms with Gasteiger partial charge >= 0.3 is 11.8 Å². The van der Waals surface area contributed by atoms with Gasteiger partial charge in [-0.2, -0.15) is 0 Å². The summed E-state index contributed by atoms with van der Waals surface area (Å²) >= 11 is 0. The molecule has 2 N–H and O–H groups in total. The molecule has 0 saturated carbocycles. The molecule has 0 spiro atoms. The van der Waals surface area contributed by atoms with Crippen molar-refractivity contribution < 1.29 is 9.59 Å². The van der Waals surface area contributed by atoms with E-state index in [9.17, 15) is 9.59 Å². The maximum Gasteiger partial charge on any atom is 0.312 e. The van der Waals surface area contributed by atoms with Crippen LogP contribution in [0.3, 0.4) is 0 Å². The van der Waals surface area contributed by atoms with Crippen LogP contribution in [0.1, 0.15) is 24.5 Å². The zero-order chi connectivity index (χ0) is 16.5. The number of allylic oxidation sites excluding steroid dienone is 1. The van der Waals surface area contributed by atoms with Gasteiger partial charge in [0.05, 0.1) is 12.3 Å². The summed E-state index contributed by atoms with van der Waals surface area (Å²) in [6, 6.07) is 7.80. The van der Waals surface area contributed by atoms with Crippen molar-refractivity contribution in [3.8, 4) is 0 Å². The molecular formula is C17H23N3O2. The Labute approximate surface area is 131 Å². The highest BCUT2D eigenvalue weighted by Gasteiger charge is 2.20. The van der Waals surface area contributed by atoms with E-state index in [1.54, 1.807) is 7.05 Å². The highest BCUT2D eigenvalue weighted by Crippen LogP contribution is 2.08. The maximum atomic E-state index is 12.0. The van der Waals surface area contributed by atoms with Gasteiger partial charge in [-0.05, 0) is 25.0 Å². The van der Waals surface area contributed by atoms with Gasteiger partial charge in [0.1, 0.15) is 0 Å². The summed E-state index contributed by atoms with van der Waals surface area (Å²) in [5.41, 5.74) is 7.95.